The molecule has 3 rings (SSSR count). The van der Waals surface area contributed by atoms with Crippen LogP contribution >= 0.6 is 0 Å². The molecule has 2 amide bonds. The van der Waals surface area contributed by atoms with Crippen molar-refractivity contribution in [1.82, 2.24) is 0 Å². The standard InChI is InChI=1S/C18H15N3O4/c1-11-15(17(23)21(20-11)14-8-3-2-4-9-14)16(22)19-13-7-5-6-12(10-13)18(24)25/h2-10,15H,1H3,(H,19,22)(H,24,25). The molecule has 7 nitrogen and oxygen atoms in total. The van der Waals surface area contributed by atoms with Gasteiger partial charge in [0.1, 0.15) is 0 Å². The third-order valence-electron chi connectivity index (χ3n) is 3.77. The van der Waals surface area contributed by atoms with Gasteiger partial charge in [0.05, 0.1) is 17.0 Å². The summed E-state index contributed by atoms with van der Waals surface area (Å²) >= 11 is 0. The summed E-state index contributed by atoms with van der Waals surface area (Å²) in [5.41, 5.74) is 1.31. The highest BCUT2D eigenvalue weighted by Crippen LogP contribution is 2.24. The van der Waals surface area contributed by atoms with Crippen LogP contribution in [0.4, 0.5) is 11.4 Å². The smallest absolute Gasteiger partial charge is 0.335 e. The van der Waals surface area contributed by atoms with E-state index in [1.54, 1.807) is 37.3 Å². The van der Waals surface area contributed by atoms with Crippen LogP contribution in [0.5, 0.6) is 0 Å². The van der Waals surface area contributed by atoms with Gasteiger partial charge in [-0.15, -0.1) is 0 Å². The van der Waals surface area contributed by atoms with Crippen LogP contribution in [0.15, 0.2) is 59.7 Å². The van der Waals surface area contributed by atoms with Crippen LogP contribution in [0, 0.1) is 5.92 Å². The summed E-state index contributed by atoms with van der Waals surface area (Å²) in [6.07, 6.45) is 0. The van der Waals surface area contributed by atoms with Crippen LogP contribution in [-0.2, 0) is 9.59 Å². The fourth-order valence-corrected chi connectivity index (χ4v) is 2.57. The first-order valence-corrected chi connectivity index (χ1v) is 7.55. The summed E-state index contributed by atoms with van der Waals surface area (Å²) in [7, 11) is 0. The Bertz CT molecular complexity index is 877. The predicted molar refractivity (Wildman–Crippen MR) is 92.6 cm³/mol. The molecule has 7 heteroatoms. The zero-order chi connectivity index (χ0) is 18.0. The molecule has 1 unspecified atom stereocenters. The maximum Gasteiger partial charge on any atom is 0.335 e. The summed E-state index contributed by atoms with van der Waals surface area (Å²) in [6.45, 7) is 1.61. The molecule has 1 atom stereocenters. The molecule has 0 aliphatic carbocycles. The fourth-order valence-electron chi connectivity index (χ4n) is 2.57. The number of nitrogens with one attached hydrogen (secondary N) is 1. The van der Waals surface area contributed by atoms with E-state index in [1.807, 2.05) is 6.07 Å². The number of hydrazone groups is 1. The number of carboxylic acids is 1. The fraction of sp³-hybridized carbons (Fsp3) is 0.111. The highest BCUT2D eigenvalue weighted by Gasteiger charge is 2.39. The zero-order valence-corrected chi connectivity index (χ0v) is 13.3. The first-order chi connectivity index (χ1) is 12.0. The van der Waals surface area contributed by atoms with E-state index in [9.17, 15) is 14.4 Å². The molecule has 2 aromatic rings. The number of hydrogen-bond acceptors (Lipinski definition) is 4. The summed E-state index contributed by atoms with van der Waals surface area (Å²) < 4.78 is 0. The number of benzene rings is 2. The highest BCUT2D eigenvalue weighted by atomic mass is 16.4. The van der Waals surface area contributed by atoms with E-state index in [-0.39, 0.29) is 5.56 Å². The van der Waals surface area contributed by atoms with Crippen molar-refractivity contribution in [3.63, 3.8) is 0 Å². The van der Waals surface area contributed by atoms with Gasteiger partial charge in [-0.2, -0.15) is 10.1 Å². The minimum Gasteiger partial charge on any atom is -0.478 e. The van der Waals surface area contributed by atoms with Gasteiger partial charge in [-0.25, -0.2) is 4.79 Å². The van der Waals surface area contributed by atoms with Crippen molar-refractivity contribution >= 4 is 34.9 Å². The molecule has 0 aromatic heterocycles. The molecule has 0 saturated carbocycles. The second-order valence-electron chi connectivity index (χ2n) is 5.54. The van der Waals surface area contributed by atoms with Crippen molar-refractivity contribution in [2.75, 3.05) is 10.3 Å². The van der Waals surface area contributed by atoms with Crippen LogP contribution in [-0.4, -0.2) is 28.6 Å². The number of para-hydroxylation sites is 1. The molecule has 0 bridgehead atoms. The van der Waals surface area contributed by atoms with Crippen LogP contribution in [0.3, 0.4) is 0 Å². The molecule has 1 aliphatic heterocycles. The SMILES string of the molecule is CC1=NN(c2ccccc2)C(=O)C1C(=O)Nc1cccc(C(=O)O)c1. The average Bonchev–Trinajstić information content (AvgIpc) is 2.90. The Morgan fingerprint density at radius 2 is 1.84 bits per heavy atom. The molecule has 25 heavy (non-hydrogen) atoms. The van der Waals surface area contributed by atoms with Crippen molar-refractivity contribution in [2.24, 2.45) is 11.0 Å². The minimum atomic E-state index is -1.10. The molecule has 0 radical (unpaired) electrons. The van der Waals surface area contributed by atoms with E-state index in [0.717, 1.165) is 0 Å². The number of anilines is 2. The lowest BCUT2D eigenvalue weighted by Gasteiger charge is -2.14. The number of amides is 2. The maximum absolute atomic E-state index is 12.6. The molecule has 0 fully saturated rings. The molecule has 2 aromatic carbocycles. The van der Waals surface area contributed by atoms with Gasteiger partial charge >= 0.3 is 5.97 Å². The number of carbonyl (C=O) groups excluding carboxylic acids is 2. The van der Waals surface area contributed by atoms with Crippen molar-refractivity contribution in [3.05, 3.63) is 60.2 Å². The number of nitrogens with zero attached hydrogens (tertiary/aromatic N) is 2. The Morgan fingerprint density at radius 1 is 1.12 bits per heavy atom. The van der Waals surface area contributed by atoms with Gasteiger partial charge in [0.15, 0.2) is 5.92 Å². The first kappa shape index (κ1) is 16.4. The Kier molecular flexibility index (Phi) is 4.30. The number of carboxylic acid groups (broad SMARTS) is 1. The minimum absolute atomic E-state index is 0.0480. The Balaban J connectivity index is 1.79. The second-order valence-corrected chi connectivity index (χ2v) is 5.54. The van der Waals surface area contributed by atoms with Crippen LogP contribution in [0.25, 0.3) is 0 Å². The summed E-state index contributed by atoms with van der Waals surface area (Å²) in [5.74, 6) is -3.14. The van der Waals surface area contributed by atoms with E-state index in [0.29, 0.717) is 17.1 Å². The average molecular weight is 337 g/mol. The summed E-state index contributed by atoms with van der Waals surface area (Å²) in [6, 6.07) is 14.7. The lowest BCUT2D eigenvalue weighted by Crippen LogP contribution is -2.36. The Labute approximate surface area is 143 Å². The predicted octanol–water partition coefficient (Wildman–Crippen LogP) is 2.36. The van der Waals surface area contributed by atoms with Crippen LogP contribution < -0.4 is 10.3 Å². The van der Waals surface area contributed by atoms with Gasteiger partial charge in [0.25, 0.3) is 5.91 Å². The topological polar surface area (TPSA) is 99.1 Å². The number of hydrogen-bond donors (Lipinski definition) is 2. The quantitative estimate of drug-likeness (QED) is 0.837. The molecule has 0 spiro atoms. The Morgan fingerprint density at radius 3 is 2.52 bits per heavy atom. The first-order valence-electron chi connectivity index (χ1n) is 7.55. The molecule has 1 heterocycles. The third-order valence-corrected chi connectivity index (χ3v) is 3.77. The molecule has 1 aliphatic rings. The van der Waals surface area contributed by atoms with E-state index in [1.165, 1.54) is 23.2 Å². The molecule has 126 valence electrons. The van der Waals surface area contributed by atoms with Crippen molar-refractivity contribution in [3.8, 4) is 0 Å². The van der Waals surface area contributed by atoms with Gasteiger partial charge in [0, 0.05) is 5.69 Å². The lowest BCUT2D eigenvalue weighted by molar-refractivity contribution is -0.127. The number of carbonyl (C=O) groups is 3. The number of aromatic carboxylic acids is 1. The largest absolute Gasteiger partial charge is 0.478 e. The normalized spacial score (nSPS) is 16.5. The van der Waals surface area contributed by atoms with Gasteiger partial charge < -0.3 is 10.4 Å². The van der Waals surface area contributed by atoms with E-state index >= 15 is 0 Å². The van der Waals surface area contributed by atoms with E-state index in [2.05, 4.69) is 10.4 Å². The Hall–Kier alpha value is -3.48. The van der Waals surface area contributed by atoms with E-state index < -0.39 is 23.7 Å². The van der Waals surface area contributed by atoms with Crippen molar-refractivity contribution in [1.29, 1.82) is 0 Å². The molecule has 2 N–H and O–H groups in total. The van der Waals surface area contributed by atoms with E-state index in [4.69, 9.17) is 5.11 Å². The van der Waals surface area contributed by atoms with Crippen molar-refractivity contribution in [2.45, 2.75) is 6.92 Å². The van der Waals surface area contributed by atoms with Crippen LogP contribution in [0.2, 0.25) is 0 Å². The third kappa shape index (κ3) is 3.25. The lowest BCUT2D eigenvalue weighted by atomic mass is 10.0. The zero-order valence-electron chi connectivity index (χ0n) is 13.3. The van der Waals surface area contributed by atoms with Gasteiger partial charge in [0.2, 0.25) is 5.91 Å². The van der Waals surface area contributed by atoms with Crippen LogP contribution in [0.1, 0.15) is 17.3 Å². The molecule has 0 saturated heterocycles. The summed E-state index contributed by atoms with van der Waals surface area (Å²) in [4.78, 5) is 36.1. The highest BCUT2D eigenvalue weighted by molar-refractivity contribution is 6.28. The summed E-state index contributed by atoms with van der Waals surface area (Å²) in [5, 5.41) is 17.0. The maximum atomic E-state index is 12.6. The van der Waals surface area contributed by atoms with Gasteiger partial charge in [-0.05, 0) is 37.3 Å². The van der Waals surface area contributed by atoms with Crippen molar-refractivity contribution < 1.29 is 19.5 Å². The molecular formula is C18H15N3O4. The van der Waals surface area contributed by atoms with Gasteiger partial charge in [-0.1, -0.05) is 24.3 Å². The monoisotopic (exact) mass is 337 g/mol. The molecular weight excluding hydrogens is 322 g/mol. The van der Waals surface area contributed by atoms with Gasteiger partial charge in [-0.3, -0.25) is 9.59 Å². The number of rotatable bonds is 4. The second kappa shape index (κ2) is 6.56.